The van der Waals surface area contributed by atoms with Crippen LogP contribution in [0.4, 0.5) is 0 Å². The topological polar surface area (TPSA) is 90.3 Å². The molecular weight excluding hydrogens is 530 g/mol. The van der Waals surface area contributed by atoms with E-state index in [1.54, 1.807) is 24.5 Å². The molecule has 2 aromatic carbocycles. The molecule has 0 spiro atoms. The minimum atomic E-state index is -0.466. The fourth-order valence-electron chi connectivity index (χ4n) is 3.80. The number of hydrogen-bond acceptors (Lipinski definition) is 7. The van der Waals surface area contributed by atoms with Gasteiger partial charge in [0, 0.05) is 18.1 Å². The summed E-state index contributed by atoms with van der Waals surface area (Å²) in [7, 11) is 0. The summed E-state index contributed by atoms with van der Waals surface area (Å²) in [5.74, 6) is -0.599. The number of rotatable bonds is 10. The minimum absolute atomic E-state index is 0.0722. The Morgan fingerprint density at radius 1 is 1.14 bits per heavy atom. The van der Waals surface area contributed by atoms with Crippen molar-refractivity contribution >= 4 is 56.8 Å². The average Bonchev–Trinajstić information content (AvgIpc) is 3.23. The molecule has 0 fully saturated rings. The van der Waals surface area contributed by atoms with Gasteiger partial charge >= 0.3 is 5.97 Å². The van der Waals surface area contributed by atoms with Crippen LogP contribution >= 0.6 is 34.7 Å². The van der Waals surface area contributed by atoms with E-state index in [0.29, 0.717) is 50.3 Å². The largest absolute Gasteiger partial charge is 0.462 e. The number of carbonyl (C=O) groups excluding carboxylic acids is 2. The maximum Gasteiger partial charge on any atom is 0.348 e. The maximum atomic E-state index is 13.6. The molecule has 0 bridgehead atoms. The van der Waals surface area contributed by atoms with Gasteiger partial charge in [0.1, 0.15) is 9.71 Å². The molecule has 4 rings (SSSR count). The van der Waals surface area contributed by atoms with Gasteiger partial charge in [0.2, 0.25) is 5.91 Å². The number of carbonyl (C=O) groups is 2. The van der Waals surface area contributed by atoms with Gasteiger partial charge in [-0.2, -0.15) is 0 Å². The van der Waals surface area contributed by atoms with Crippen molar-refractivity contribution in [1.29, 1.82) is 0 Å². The molecule has 1 N–H and O–H groups in total. The second-order valence-corrected chi connectivity index (χ2v) is 10.5. The first-order chi connectivity index (χ1) is 17.9. The first kappa shape index (κ1) is 26.9. The van der Waals surface area contributed by atoms with E-state index >= 15 is 0 Å². The lowest BCUT2D eigenvalue weighted by Crippen LogP contribution is -2.27. The zero-order chi connectivity index (χ0) is 26.4. The van der Waals surface area contributed by atoms with Crippen molar-refractivity contribution in [2.75, 3.05) is 12.4 Å². The van der Waals surface area contributed by atoms with Crippen molar-refractivity contribution in [2.45, 2.75) is 38.5 Å². The van der Waals surface area contributed by atoms with Gasteiger partial charge in [-0.15, -0.1) is 11.3 Å². The summed E-state index contributed by atoms with van der Waals surface area (Å²) in [6, 6.07) is 17.2. The van der Waals surface area contributed by atoms with Crippen molar-refractivity contribution in [3.63, 3.8) is 0 Å². The number of nitrogens with zero attached hydrogens (tertiary/aromatic N) is 2. The van der Waals surface area contributed by atoms with Crippen molar-refractivity contribution in [3.8, 4) is 0 Å². The first-order valence-corrected chi connectivity index (χ1v) is 13.9. The summed E-state index contributed by atoms with van der Waals surface area (Å²) in [5, 5.41) is 4.29. The number of aromatic nitrogens is 2. The summed E-state index contributed by atoms with van der Waals surface area (Å²) in [6.45, 7) is 4.41. The Balaban J connectivity index is 1.60. The quantitative estimate of drug-likeness (QED) is 0.163. The highest BCUT2D eigenvalue weighted by Crippen LogP contribution is 2.30. The number of nitrogens with one attached hydrogen (secondary N) is 1. The van der Waals surface area contributed by atoms with Crippen LogP contribution in [0.5, 0.6) is 0 Å². The molecule has 0 aliphatic heterocycles. The summed E-state index contributed by atoms with van der Waals surface area (Å²) in [4.78, 5) is 44.2. The van der Waals surface area contributed by atoms with Gasteiger partial charge < -0.3 is 10.1 Å². The fourth-order valence-corrected chi connectivity index (χ4v) is 5.97. The highest BCUT2D eigenvalue weighted by Gasteiger charge is 2.23. The van der Waals surface area contributed by atoms with E-state index < -0.39 is 5.97 Å². The van der Waals surface area contributed by atoms with Gasteiger partial charge in [-0.3, -0.25) is 14.2 Å². The number of benzene rings is 2. The number of esters is 1. The first-order valence-electron chi connectivity index (χ1n) is 11.8. The smallest absolute Gasteiger partial charge is 0.348 e. The molecule has 0 saturated carbocycles. The van der Waals surface area contributed by atoms with Gasteiger partial charge in [-0.1, -0.05) is 71.9 Å². The van der Waals surface area contributed by atoms with E-state index in [-0.39, 0.29) is 23.8 Å². The van der Waals surface area contributed by atoms with Crippen LogP contribution in [0.3, 0.4) is 0 Å². The van der Waals surface area contributed by atoms with Crippen LogP contribution in [-0.4, -0.2) is 33.8 Å². The second-order valence-electron chi connectivity index (χ2n) is 8.20. The fraction of sp³-hybridized carbons (Fsp3) is 0.259. The van der Waals surface area contributed by atoms with Crippen molar-refractivity contribution in [1.82, 2.24) is 14.9 Å². The van der Waals surface area contributed by atoms with Gasteiger partial charge in [0.05, 0.1) is 17.7 Å². The molecule has 0 aliphatic rings. The zero-order valence-corrected chi connectivity index (χ0v) is 22.8. The third kappa shape index (κ3) is 6.41. The number of ether oxygens (including phenoxy) is 1. The van der Waals surface area contributed by atoms with Crippen molar-refractivity contribution in [2.24, 2.45) is 0 Å². The van der Waals surface area contributed by atoms with Gasteiger partial charge in [0.15, 0.2) is 5.16 Å². The Bertz CT molecular complexity index is 1480. The predicted molar refractivity (Wildman–Crippen MR) is 149 cm³/mol. The van der Waals surface area contributed by atoms with Crippen molar-refractivity contribution in [3.05, 3.63) is 91.5 Å². The van der Waals surface area contributed by atoms with E-state index in [0.717, 1.165) is 22.5 Å². The molecule has 0 saturated heterocycles. The summed E-state index contributed by atoms with van der Waals surface area (Å²) in [5.41, 5.74) is 2.24. The van der Waals surface area contributed by atoms with E-state index in [1.807, 2.05) is 48.5 Å². The third-order valence-corrected chi connectivity index (χ3v) is 8.22. The number of fused-ring (bicyclic) bond motifs is 1. The molecule has 192 valence electrons. The number of thiophene rings is 1. The molecule has 0 radical (unpaired) electrons. The Kier molecular flexibility index (Phi) is 9.02. The molecule has 0 aliphatic carbocycles. The molecule has 10 heteroatoms. The lowest BCUT2D eigenvalue weighted by Gasteiger charge is -2.13. The van der Waals surface area contributed by atoms with Crippen LogP contribution in [0.15, 0.2) is 64.5 Å². The maximum absolute atomic E-state index is 13.6. The highest BCUT2D eigenvalue weighted by atomic mass is 35.5. The lowest BCUT2D eigenvalue weighted by molar-refractivity contribution is -0.118. The molecule has 1 amide bonds. The Labute approximate surface area is 227 Å². The number of hydrogen-bond donors (Lipinski definition) is 1. The molecule has 2 heterocycles. The van der Waals surface area contributed by atoms with Gasteiger partial charge in [-0.25, -0.2) is 9.78 Å². The van der Waals surface area contributed by atoms with Crippen molar-refractivity contribution < 1.29 is 14.3 Å². The molecule has 7 nitrogen and oxygen atoms in total. The molecule has 0 atom stereocenters. The average molecular weight is 556 g/mol. The van der Waals surface area contributed by atoms with Crippen LogP contribution < -0.4 is 10.9 Å². The van der Waals surface area contributed by atoms with Gasteiger partial charge in [-0.05, 0) is 43.0 Å². The lowest BCUT2D eigenvalue weighted by atomic mass is 10.1. The standard InChI is InChI=1S/C27H26ClN3O4S2/c1-3-35-26(34)23-17(2)22-24(37-23)30-27(31(25(22)33)14-13-18-9-5-4-6-10-18)36-16-21(32)29-15-19-11-7-8-12-20(19)28/h4-12H,3,13-16H2,1-2H3,(H,29,32). The van der Waals surface area contributed by atoms with Crippen LogP contribution in [0.1, 0.15) is 33.3 Å². The molecule has 4 aromatic rings. The number of thioether (sulfide) groups is 1. The number of halogens is 1. The zero-order valence-electron chi connectivity index (χ0n) is 20.5. The molecule has 0 unspecified atom stereocenters. The molecule has 37 heavy (non-hydrogen) atoms. The number of aryl methyl sites for hydroxylation is 2. The van der Waals surface area contributed by atoms with Crippen LogP contribution in [0.25, 0.3) is 10.2 Å². The summed E-state index contributed by atoms with van der Waals surface area (Å²) >= 11 is 8.51. The van der Waals surface area contributed by atoms with E-state index in [1.165, 1.54) is 11.8 Å². The molecular formula is C27H26ClN3O4S2. The second kappa shape index (κ2) is 12.4. The number of amides is 1. The minimum Gasteiger partial charge on any atom is -0.462 e. The summed E-state index contributed by atoms with van der Waals surface area (Å²) < 4.78 is 6.76. The highest BCUT2D eigenvalue weighted by molar-refractivity contribution is 7.99. The Morgan fingerprint density at radius 2 is 1.86 bits per heavy atom. The van der Waals surface area contributed by atoms with Crippen LogP contribution in [-0.2, 0) is 29.0 Å². The SMILES string of the molecule is CCOC(=O)c1sc2nc(SCC(=O)NCc3ccccc3Cl)n(CCc3ccccc3)c(=O)c2c1C. The normalized spacial score (nSPS) is 11.0. The van der Waals surface area contributed by atoms with E-state index in [9.17, 15) is 14.4 Å². The predicted octanol–water partition coefficient (Wildman–Crippen LogP) is 5.25. The monoisotopic (exact) mass is 555 g/mol. The van der Waals surface area contributed by atoms with Gasteiger partial charge in [0.25, 0.3) is 5.56 Å². The van der Waals surface area contributed by atoms with Crippen LogP contribution in [0.2, 0.25) is 5.02 Å². The van der Waals surface area contributed by atoms with E-state index in [4.69, 9.17) is 21.3 Å². The van der Waals surface area contributed by atoms with E-state index in [2.05, 4.69) is 5.32 Å². The third-order valence-electron chi connectivity index (χ3n) is 5.71. The summed E-state index contributed by atoms with van der Waals surface area (Å²) in [6.07, 6.45) is 0.619. The molecule has 2 aromatic heterocycles. The Hall–Kier alpha value is -3.14. The Morgan fingerprint density at radius 3 is 2.59 bits per heavy atom. The van der Waals surface area contributed by atoms with Crippen LogP contribution in [0, 0.1) is 6.92 Å².